The third kappa shape index (κ3) is 7.44. The van der Waals surface area contributed by atoms with Crippen LogP contribution >= 0.6 is 0 Å². The van der Waals surface area contributed by atoms with Gasteiger partial charge in [0.2, 0.25) is 0 Å². The number of alkyl halides is 9. The fourth-order valence-electron chi connectivity index (χ4n) is 5.78. The van der Waals surface area contributed by atoms with Crippen LogP contribution in [0, 0.1) is 18.3 Å². The first kappa shape index (κ1) is 33.6. The van der Waals surface area contributed by atoms with Crippen LogP contribution < -0.4 is 9.80 Å². The Kier molecular flexibility index (Phi) is 8.87. The minimum atomic E-state index is -5.09. The average Bonchev–Trinajstić information content (AvgIpc) is 3.34. The number of halogens is 9. The molecule has 4 aromatic rings. The lowest BCUT2D eigenvalue weighted by molar-refractivity contribution is -0.143. The Balaban J connectivity index is 1.67. The summed E-state index contributed by atoms with van der Waals surface area (Å²) in [5.74, 6) is -0.137. The van der Waals surface area contributed by atoms with Gasteiger partial charge in [0.1, 0.15) is 0 Å². The quantitative estimate of drug-likeness (QED) is 0.194. The maximum absolute atomic E-state index is 14.2. The van der Waals surface area contributed by atoms with Gasteiger partial charge < -0.3 is 9.80 Å². The van der Waals surface area contributed by atoms with Crippen molar-refractivity contribution in [2.75, 3.05) is 16.3 Å². The van der Waals surface area contributed by atoms with Crippen LogP contribution in [0.2, 0.25) is 0 Å². The van der Waals surface area contributed by atoms with Gasteiger partial charge in [0.25, 0.3) is 5.95 Å². The van der Waals surface area contributed by atoms with Gasteiger partial charge in [-0.1, -0.05) is 23.3 Å². The van der Waals surface area contributed by atoms with E-state index in [0.717, 1.165) is 10.9 Å². The number of nitriles is 1. The van der Waals surface area contributed by atoms with Crippen molar-refractivity contribution in [3.8, 4) is 6.07 Å². The molecule has 0 bridgehead atoms. The average molecular weight is 668 g/mol. The summed E-state index contributed by atoms with van der Waals surface area (Å²) in [4.78, 5) is 4.14. The van der Waals surface area contributed by atoms with E-state index in [1.54, 1.807) is 29.2 Å². The lowest BCUT2D eigenvalue weighted by Gasteiger charge is -2.33. The molecule has 0 spiro atoms. The highest BCUT2D eigenvalue weighted by molar-refractivity contribution is 5.62. The number of hydrogen-bond acceptors (Lipinski definition) is 6. The second-order valence-corrected chi connectivity index (χ2v) is 11.2. The number of anilines is 2. The molecule has 0 fully saturated rings. The highest BCUT2D eigenvalue weighted by atomic mass is 19.4. The van der Waals surface area contributed by atoms with Gasteiger partial charge in [-0.25, -0.2) is 0 Å². The van der Waals surface area contributed by atoms with Gasteiger partial charge in [0.05, 0.1) is 41.4 Å². The van der Waals surface area contributed by atoms with Crippen LogP contribution in [0.3, 0.4) is 0 Å². The van der Waals surface area contributed by atoms with Crippen molar-refractivity contribution in [3.05, 3.63) is 99.1 Å². The number of fused-ring (bicyclic) bond motifs is 1. The van der Waals surface area contributed by atoms with E-state index in [4.69, 9.17) is 0 Å². The zero-order valence-corrected chi connectivity index (χ0v) is 24.8. The summed E-state index contributed by atoms with van der Waals surface area (Å²) in [6.45, 7) is 1.11. The molecule has 0 saturated heterocycles. The number of tetrazole rings is 1. The number of hydrogen-bond donors (Lipinski definition) is 0. The molecule has 248 valence electrons. The van der Waals surface area contributed by atoms with Gasteiger partial charge in [-0.05, 0) is 83.6 Å². The van der Waals surface area contributed by atoms with Crippen LogP contribution in [0.1, 0.15) is 63.4 Å². The summed E-state index contributed by atoms with van der Waals surface area (Å²) in [7, 11) is 1.42. The molecule has 7 nitrogen and oxygen atoms in total. The molecular formula is C31H26F9N7. The van der Waals surface area contributed by atoms with Crippen LogP contribution in [-0.2, 0) is 38.7 Å². The summed E-state index contributed by atoms with van der Waals surface area (Å²) in [6.07, 6.45) is -14.3. The Morgan fingerprint density at radius 2 is 1.57 bits per heavy atom. The van der Waals surface area contributed by atoms with E-state index in [9.17, 15) is 44.8 Å². The molecular weight excluding hydrogens is 641 g/mol. The van der Waals surface area contributed by atoms with Gasteiger partial charge in [-0.3, -0.25) is 0 Å². The largest absolute Gasteiger partial charge is 0.416 e. The predicted molar refractivity (Wildman–Crippen MR) is 152 cm³/mol. The van der Waals surface area contributed by atoms with E-state index in [-0.39, 0.29) is 48.3 Å². The zero-order chi connectivity index (χ0) is 34.3. The van der Waals surface area contributed by atoms with E-state index < -0.39 is 47.8 Å². The van der Waals surface area contributed by atoms with Crippen molar-refractivity contribution in [1.82, 2.24) is 20.2 Å². The number of aryl methyl sites for hydroxylation is 2. The van der Waals surface area contributed by atoms with Crippen LogP contribution in [0.4, 0.5) is 51.1 Å². The van der Waals surface area contributed by atoms with Crippen LogP contribution in [0.15, 0.2) is 54.6 Å². The third-order valence-corrected chi connectivity index (χ3v) is 7.85. The van der Waals surface area contributed by atoms with Crippen molar-refractivity contribution in [2.45, 2.75) is 57.4 Å². The van der Waals surface area contributed by atoms with Crippen molar-refractivity contribution in [2.24, 2.45) is 7.05 Å². The molecule has 0 amide bonds. The lowest BCUT2D eigenvalue weighted by Crippen LogP contribution is -2.30. The van der Waals surface area contributed by atoms with Crippen molar-refractivity contribution >= 4 is 11.6 Å². The molecule has 1 aliphatic heterocycles. The van der Waals surface area contributed by atoms with Crippen molar-refractivity contribution in [3.63, 3.8) is 0 Å². The Labute approximate surface area is 262 Å². The smallest absolute Gasteiger partial charge is 0.367 e. The second kappa shape index (κ2) is 12.4. The summed E-state index contributed by atoms with van der Waals surface area (Å²) in [5.41, 5.74) is -2.88. The number of rotatable bonds is 6. The fourth-order valence-corrected chi connectivity index (χ4v) is 5.78. The normalized spacial score (nSPS) is 15.6. The fraction of sp³-hybridized carbons (Fsp3) is 0.355. The Hall–Kier alpha value is -4.81. The molecule has 0 aliphatic carbocycles. The first-order chi connectivity index (χ1) is 21.9. The molecule has 1 aliphatic rings. The van der Waals surface area contributed by atoms with E-state index in [0.29, 0.717) is 35.2 Å². The SMILES string of the molecule is Cc1cc2c(cc1C(F)(F)F)N(Cc1cccc(C#N)c1)CCC[C@@H]2N(Cc1cc(C(F)(F)F)cc(C(F)(F)F)c1)c1nnn(C)n1. The summed E-state index contributed by atoms with van der Waals surface area (Å²) in [6, 6.07) is 11.3. The van der Waals surface area contributed by atoms with Crippen molar-refractivity contribution < 1.29 is 39.5 Å². The molecule has 47 heavy (non-hydrogen) atoms. The van der Waals surface area contributed by atoms with E-state index in [1.807, 2.05) is 6.07 Å². The Morgan fingerprint density at radius 1 is 0.894 bits per heavy atom. The molecule has 1 aromatic heterocycles. The third-order valence-electron chi connectivity index (χ3n) is 7.85. The van der Waals surface area contributed by atoms with Gasteiger partial charge in [-0.2, -0.15) is 49.6 Å². The molecule has 2 heterocycles. The highest BCUT2D eigenvalue weighted by Gasteiger charge is 2.39. The molecule has 5 rings (SSSR count). The molecule has 16 heteroatoms. The Bertz CT molecular complexity index is 1770. The monoisotopic (exact) mass is 667 g/mol. The summed E-state index contributed by atoms with van der Waals surface area (Å²) in [5, 5.41) is 21.3. The second-order valence-electron chi connectivity index (χ2n) is 11.2. The van der Waals surface area contributed by atoms with Gasteiger partial charge in [0.15, 0.2) is 0 Å². The van der Waals surface area contributed by atoms with Gasteiger partial charge >= 0.3 is 18.5 Å². The van der Waals surface area contributed by atoms with E-state index in [2.05, 4.69) is 15.4 Å². The lowest BCUT2D eigenvalue weighted by atomic mass is 9.94. The minimum Gasteiger partial charge on any atom is -0.367 e. The Morgan fingerprint density at radius 3 is 2.15 bits per heavy atom. The van der Waals surface area contributed by atoms with Crippen LogP contribution in [-0.4, -0.2) is 26.8 Å². The predicted octanol–water partition coefficient (Wildman–Crippen LogP) is 7.99. The van der Waals surface area contributed by atoms with Crippen LogP contribution in [0.25, 0.3) is 0 Å². The molecule has 0 radical (unpaired) electrons. The molecule has 3 aromatic carbocycles. The van der Waals surface area contributed by atoms with Gasteiger partial charge in [0, 0.05) is 25.3 Å². The number of benzene rings is 3. The van der Waals surface area contributed by atoms with E-state index in [1.165, 1.54) is 24.9 Å². The molecule has 1 atom stereocenters. The first-order valence-electron chi connectivity index (χ1n) is 14.2. The number of aromatic nitrogens is 4. The zero-order valence-electron chi connectivity index (χ0n) is 24.8. The van der Waals surface area contributed by atoms with Crippen molar-refractivity contribution in [1.29, 1.82) is 5.26 Å². The highest BCUT2D eigenvalue weighted by Crippen LogP contribution is 2.44. The summed E-state index contributed by atoms with van der Waals surface area (Å²) >= 11 is 0. The molecule has 0 N–H and O–H groups in total. The standard InChI is InChI=1S/C31H26F9N7/c1-18-9-24-26(7-4-8-46(27(24)14-25(18)31(38,39)40)16-20-6-3-5-19(10-20)15-41)47(28-42-44-45(2)43-28)17-21-11-22(29(32,33)34)13-23(12-21)30(35,36)37/h3,5-6,9-14,26H,4,7-8,16-17H2,1-2H3/t26-/m0/s1. The maximum Gasteiger partial charge on any atom is 0.416 e. The summed E-state index contributed by atoms with van der Waals surface area (Å²) < 4.78 is 125. The molecule has 0 saturated carbocycles. The number of nitrogens with zero attached hydrogens (tertiary/aromatic N) is 7. The topological polar surface area (TPSA) is 73.9 Å². The molecule has 0 unspecified atom stereocenters. The first-order valence-corrected chi connectivity index (χ1v) is 14.2. The van der Waals surface area contributed by atoms with Gasteiger partial charge in [-0.15, -0.1) is 5.10 Å². The minimum absolute atomic E-state index is 0.0244. The van der Waals surface area contributed by atoms with E-state index >= 15 is 0 Å². The van der Waals surface area contributed by atoms with Crippen LogP contribution in [0.5, 0.6) is 0 Å². The maximum atomic E-state index is 14.2.